The van der Waals surface area contributed by atoms with Gasteiger partial charge in [-0.1, -0.05) is 6.07 Å². The van der Waals surface area contributed by atoms with Crippen molar-refractivity contribution in [3.05, 3.63) is 29.3 Å². The van der Waals surface area contributed by atoms with Crippen molar-refractivity contribution in [1.82, 2.24) is 5.43 Å². The molecule has 1 N–H and O–H groups in total. The van der Waals surface area contributed by atoms with Gasteiger partial charge in [0.2, 0.25) is 5.91 Å². The lowest BCUT2D eigenvalue weighted by atomic mass is 10.00. The first-order chi connectivity index (χ1) is 10.9. The van der Waals surface area contributed by atoms with Gasteiger partial charge in [0.05, 0.1) is 11.3 Å². The van der Waals surface area contributed by atoms with Gasteiger partial charge in [-0.3, -0.25) is 4.79 Å². The Morgan fingerprint density at radius 3 is 2.65 bits per heavy atom. The molecule has 124 valence electrons. The molecule has 2 heterocycles. The Labute approximate surface area is 132 Å². The average molecular weight is 325 g/mol. The average Bonchev–Trinajstić information content (AvgIpc) is 2.93. The Kier molecular flexibility index (Phi) is 4.04. The van der Waals surface area contributed by atoms with E-state index in [1.54, 1.807) is 6.07 Å². The zero-order chi connectivity index (χ0) is 16.6. The van der Waals surface area contributed by atoms with E-state index in [0.29, 0.717) is 24.2 Å². The fraction of sp³-hybridized carbons (Fsp3) is 0.500. The van der Waals surface area contributed by atoms with Gasteiger partial charge >= 0.3 is 6.18 Å². The number of benzene rings is 1. The van der Waals surface area contributed by atoms with Crippen LogP contribution in [0.4, 0.5) is 18.9 Å². The Morgan fingerprint density at radius 1 is 1.30 bits per heavy atom. The van der Waals surface area contributed by atoms with Crippen molar-refractivity contribution in [3.8, 4) is 0 Å². The first-order valence-corrected chi connectivity index (χ1v) is 7.70. The van der Waals surface area contributed by atoms with Crippen LogP contribution in [-0.2, 0) is 11.0 Å². The minimum absolute atomic E-state index is 0.105. The van der Waals surface area contributed by atoms with Crippen LogP contribution < -0.4 is 10.3 Å². The summed E-state index contributed by atoms with van der Waals surface area (Å²) < 4.78 is 40.5. The molecule has 0 bridgehead atoms. The molecule has 2 aliphatic rings. The number of nitrogens with one attached hydrogen (secondary N) is 1. The molecule has 0 saturated carbocycles. The van der Waals surface area contributed by atoms with Crippen molar-refractivity contribution in [2.24, 2.45) is 5.10 Å². The number of hydrogen-bond donors (Lipinski definition) is 1. The number of amides is 1. The van der Waals surface area contributed by atoms with Crippen molar-refractivity contribution in [2.75, 3.05) is 11.4 Å². The zero-order valence-corrected chi connectivity index (χ0v) is 12.8. The quantitative estimate of drug-likeness (QED) is 0.907. The van der Waals surface area contributed by atoms with E-state index in [0.717, 1.165) is 18.9 Å². The summed E-state index contributed by atoms with van der Waals surface area (Å²) >= 11 is 0. The fourth-order valence-electron chi connectivity index (χ4n) is 3.17. The normalized spacial score (nSPS) is 22.1. The molecule has 0 spiro atoms. The molecule has 0 aliphatic carbocycles. The number of carbonyl (C=O) groups excluding carboxylic acids is 1. The van der Waals surface area contributed by atoms with Crippen LogP contribution in [0.2, 0.25) is 0 Å². The van der Waals surface area contributed by atoms with Crippen LogP contribution in [-0.4, -0.2) is 24.2 Å². The van der Waals surface area contributed by atoms with Crippen molar-refractivity contribution >= 4 is 17.3 Å². The van der Waals surface area contributed by atoms with Crippen molar-refractivity contribution < 1.29 is 18.0 Å². The topological polar surface area (TPSA) is 44.7 Å². The van der Waals surface area contributed by atoms with Gasteiger partial charge in [-0.05, 0) is 37.5 Å². The highest BCUT2D eigenvalue weighted by Crippen LogP contribution is 2.39. The standard InChI is InChI=1S/C16H18F3N3O/c1-10-3-2-8-22(10)14-6-4-11(9-12(14)16(17,18)19)13-5-7-15(23)21-20-13/h4,6,9-10H,2-3,5,7-8H2,1H3,(H,21,23). The van der Waals surface area contributed by atoms with Gasteiger partial charge in [0.25, 0.3) is 0 Å². The Balaban J connectivity index is 2.01. The molecule has 1 saturated heterocycles. The fourth-order valence-corrected chi connectivity index (χ4v) is 3.17. The zero-order valence-electron chi connectivity index (χ0n) is 12.8. The smallest absolute Gasteiger partial charge is 0.368 e. The van der Waals surface area contributed by atoms with Gasteiger partial charge in [-0.25, -0.2) is 5.43 Å². The molecule has 0 radical (unpaired) electrons. The van der Waals surface area contributed by atoms with E-state index in [9.17, 15) is 18.0 Å². The Hall–Kier alpha value is -2.05. The second kappa shape index (κ2) is 5.86. The number of alkyl halides is 3. The highest BCUT2D eigenvalue weighted by molar-refractivity contribution is 6.04. The summed E-state index contributed by atoms with van der Waals surface area (Å²) in [6.07, 6.45) is -2.03. The summed E-state index contributed by atoms with van der Waals surface area (Å²) in [5.41, 5.74) is 2.81. The van der Waals surface area contributed by atoms with Crippen LogP contribution in [0.1, 0.15) is 43.7 Å². The second-order valence-electron chi connectivity index (χ2n) is 6.01. The third kappa shape index (κ3) is 3.18. The van der Waals surface area contributed by atoms with E-state index in [1.165, 1.54) is 6.07 Å². The summed E-state index contributed by atoms with van der Waals surface area (Å²) in [5, 5.41) is 3.88. The number of hydrazone groups is 1. The van der Waals surface area contributed by atoms with Crippen LogP contribution in [0, 0.1) is 0 Å². The summed E-state index contributed by atoms with van der Waals surface area (Å²) in [6, 6.07) is 4.44. The van der Waals surface area contributed by atoms with Gasteiger partial charge in [0, 0.05) is 31.1 Å². The predicted molar refractivity (Wildman–Crippen MR) is 81.4 cm³/mol. The summed E-state index contributed by atoms with van der Waals surface area (Å²) in [7, 11) is 0. The summed E-state index contributed by atoms with van der Waals surface area (Å²) in [6.45, 7) is 2.59. The predicted octanol–water partition coefficient (Wildman–Crippen LogP) is 3.31. The molecule has 1 aromatic rings. The van der Waals surface area contributed by atoms with E-state index in [1.807, 2.05) is 11.8 Å². The molecule has 1 amide bonds. The lowest BCUT2D eigenvalue weighted by Crippen LogP contribution is -2.29. The van der Waals surface area contributed by atoms with Gasteiger partial charge in [-0.2, -0.15) is 18.3 Å². The number of halogens is 3. The maximum atomic E-state index is 13.5. The molecule has 7 heteroatoms. The monoisotopic (exact) mass is 325 g/mol. The number of carbonyl (C=O) groups is 1. The highest BCUT2D eigenvalue weighted by Gasteiger charge is 2.37. The summed E-state index contributed by atoms with van der Waals surface area (Å²) in [4.78, 5) is 12.9. The van der Waals surface area contributed by atoms with Crippen molar-refractivity contribution in [2.45, 2.75) is 44.8 Å². The van der Waals surface area contributed by atoms with E-state index in [4.69, 9.17) is 0 Å². The van der Waals surface area contributed by atoms with Crippen molar-refractivity contribution in [3.63, 3.8) is 0 Å². The molecule has 0 aromatic heterocycles. The van der Waals surface area contributed by atoms with Gasteiger partial charge in [0.1, 0.15) is 0 Å². The van der Waals surface area contributed by atoms with Crippen LogP contribution >= 0.6 is 0 Å². The first-order valence-electron chi connectivity index (χ1n) is 7.70. The molecule has 23 heavy (non-hydrogen) atoms. The Bertz CT molecular complexity index is 654. The lowest BCUT2D eigenvalue weighted by molar-refractivity contribution is -0.137. The molecule has 3 rings (SSSR count). The SMILES string of the molecule is CC1CCCN1c1ccc(C2=NNC(=O)CC2)cc1C(F)(F)F. The molecule has 1 aromatic carbocycles. The maximum Gasteiger partial charge on any atom is 0.418 e. The van der Waals surface area contributed by atoms with E-state index in [-0.39, 0.29) is 24.1 Å². The minimum atomic E-state index is -4.42. The van der Waals surface area contributed by atoms with Crippen LogP contribution in [0.3, 0.4) is 0 Å². The van der Waals surface area contributed by atoms with Gasteiger partial charge < -0.3 is 4.90 Å². The lowest BCUT2D eigenvalue weighted by Gasteiger charge is -2.28. The maximum absolute atomic E-state index is 13.5. The number of nitrogens with zero attached hydrogens (tertiary/aromatic N) is 2. The highest BCUT2D eigenvalue weighted by atomic mass is 19.4. The molecule has 1 fully saturated rings. The first kappa shape index (κ1) is 15.8. The third-order valence-electron chi connectivity index (χ3n) is 4.40. The van der Waals surface area contributed by atoms with E-state index < -0.39 is 11.7 Å². The second-order valence-corrected chi connectivity index (χ2v) is 6.01. The number of hydrogen-bond acceptors (Lipinski definition) is 3. The van der Waals surface area contributed by atoms with Crippen molar-refractivity contribution in [1.29, 1.82) is 0 Å². The Morgan fingerprint density at radius 2 is 2.09 bits per heavy atom. The summed E-state index contributed by atoms with van der Waals surface area (Å²) in [5.74, 6) is -0.215. The van der Waals surface area contributed by atoms with Crippen LogP contribution in [0.25, 0.3) is 0 Å². The van der Waals surface area contributed by atoms with E-state index in [2.05, 4.69) is 10.5 Å². The van der Waals surface area contributed by atoms with E-state index >= 15 is 0 Å². The minimum Gasteiger partial charge on any atom is -0.368 e. The molecule has 1 atom stereocenters. The van der Waals surface area contributed by atoms with Crippen LogP contribution in [0.15, 0.2) is 23.3 Å². The molecule has 1 unspecified atom stereocenters. The van der Waals surface area contributed by atoms with Crippen LogP contribution in [0.5, 0.6) is 0 Å². The number of rotatable bonds is 2. The largest absolute Gasteiger partial charge is 0.418 e. The molecule has 2 aliphatic heterocycles. The van der Waals surface area contributed by atoms with Gasteiger partial charge in [-0.15, -0.1) is 0 Å². The van der Waals surface area contributed by atoms with Gasteiger partial charge in [0.15, 0.2) is 0 Å². The number of anilines is 1. The molecule has 4 nitrogen and oxygen atoms in total. The third-order valence-corrected chi connectivity index (χ3v) is 4.40. The molecular weight excluding hydrogens is 307 g/mol. The molecular formula is C16H18F3N3O.